The molecule has 0 bridgehead atoms. The average Bonchev–Trinajstić information content (AvgIpc) is 1.90. The number of hydrogen-bond acceptors (Lipinski definition) is 3. The van der Waals surface area contributed by atoms with Crippen LogP contribution in [0.15, 0.2) is 6.20 Å². The molecule has 1 aromatic heterocycles. The molecule has 0 saturated heterocycles. The number of nitrogens with zero attached hydrogens (tertiary/aromatic N) is 3. The van der Waals surface area contributed by atoms with Crippen LogP contribution in [0.3, 0.4) is 0 Å². The smallest absolute Gasteiger partial charge is 0.0769 e. The van der Waals surface area contributed by atoms with Crippen molar-refractivity contribution in [2.45, 2.75) is 19.8 Å². The first-order valence-electron chi connectivity index (χ1n) is 2.86. The van der Waals surface area contributed by atoms with Crippen LogP contribution in [-0.2, 0) is 0 Å². The second-order valence-corrected chi connectivity index (χ2v) is 2.12. The van der Waals surface area contributed by atoms with E-state index in [0.29, 0.717) is 5.92 Å². The van der Waals surface area contributed by atoms with Crippen LogP contribution in [0.1, 0.15) is 25.5 Å². The van der Waals surface area contributed by atoms with E-state index in [1.807, 2.05) is 13.8 Å². The Kier molecular flexibility index (Phi) is 1.72. The van der Waals surface area contributed by atoms with Crippen LogP contribution in [0.4, 0.5) is 0 Å². The average molecular weight is 122 g/mol. The summed E-state index contributed by atoms with van der Waals surface area (Å²) in [4.78, 5) is 0. The molecule has 0 amide bonds. The van der Waals surface area contributed by atoms with Gasteiger partial charge in [-0.25, -0.2) is 0 Å². The van der Waals surface area contributed by atoms with Gasteiger partial charge in [-0.1, -0.05) is 13.8 Å². The topological polar surface area (TPSA) is 38.7 Å². The van der Waals surface area contributed by atoms with Crippen molar-refractivity contribution in [3.8, 4) is 0 Å². The fourth-order valence-electron chi connectivity index (χ4n) is 0.506. The highest BCUT2D eigenvalue weighted by molar-refractivity contribution is 4.97. The monoisotopic (exact) mass is 122 g/mol. The highest BCUT2D eigenvalue weighted by atomic mass is 15.3. The number of aromatic nitrogens is 3. The molecule has 9 heavy (non-hydrogen) atoms. The van der Waals surface area contributed by atoms with Gasteiger partial charge in [-0.2, -0.15) is 0 Å². The minimum absolute atomic E-state index is 0.389. The quantitative estimate of drug-likeness (QED) is 0.553. The summed E-state index contributed by atoms with van der Waals surface area (Å²) in [7, 11) is 0. The largest absolute Gasteiger partial charge is 0.138 e. The lowest BCUT2D eigenvalue weighted by molar-refractivity contribution is 0.739. The maximum atomic E-state index is 3.76. The fourth-order valence-corrected chi connectivity index (χ4v) is 0.506. The first-order valence-corrected chi connectivity index (χ1v) is 2.86. The van der Waals surface area contributed by atoms with Gasteiger partial charge in [0.1, 0.15) is 0 Å². The van der Waals surface area contributed by atoms with E-state index >= 15 is 0 Å². The van der Waals surface area contributed by atoms with Crippen molar-refractivity contribution in [3.63, 3.8) is 0 Å². The highest BCUT2D eigenvalue weighted by Gasteiger charge is 1.97. The summed E-state index contributed by atoms with van der Waals surface area (Å²) in [5.41, 5.74) is 0.866. The van der Waals surface area contributed by atoms with E-state index < -0.39 is 0 Å². The van der Waals surface area contributed by atoms with E-state index in [1.54, 1.807) is 0 Å². The van der Waals surface area contributed by atoms with Gasteiger partial charge >= 0.3 is 0 Å². The Hall–Kier alpha value is -0.990. The van der Waals surface area contributed by atoms with Crippen molar-refractivity contribution >= 4 is 0 Å². The summed E-state index contributed by atoms with van der Waals surface area (Å²) < 4.78 is 0. The molecule has 0 N–H and O–H groups in total. The minimum atomic E-state index is 0.389. The summed E-state index contributed by atoms with van der Waals surface area (Å²) in [6, 6.07) is 2.88. The van der Waals surface area contributed by atoms with Crippen molar-refractivity contribution in [1.29, 1.82) is 0 Å². The Morgan fingerprint density at radius 3 is 2.67 bits per heavy atom. The maximum Gasteiger partial charge on any atom is 0.0769 e. The van der Waals surface area contributed by atoms with E-state index in [1.165, 1.54) is 6.20 Å². The Bertz CT molecular complexity index is 171. The molecule has 3 heteroatoms. The maximum absolute atomic E-state index is 3.76. The van der Waals surface area contributed by atoms with Crippen LogP contribution in [-0.4, -0.2) is 15.4 Å². The summed E-state index contributed by atoms with van der Waals surface area (Å²) in [5, 5.41) is 10.7. The van der Waals surface area contributed by atoms with Gasteiger partial charge in [0.2, 0.25) is 0 Å². The third-order valence-corrected chi connectivity index (χ3v) is 1.02. The molecule has 0 aromatic carbocycles. The van der Waals surface area contributed by atoms with Crippen LogP contribution in [0.25, 0.3) is 0 Å². The van der Waals surface area contributed by atoms with Gasteiger partial charge in [0.05, 0.1) is 11.9 Å². The number of rotatable bonds is 1. The summed E-state index contributed by atoms with van der Waals surface area (Å²) in [6.45, 7) is 4.08. The van der Waals surface area contributed by atoms with E-state index in [2.05, 4.69) is 21.5 Å². The molecule has 0 saturated carbocycles. The first kappa shape index (κ1) is 6.13. The molecular formula is C6H8N3. The summed E-state index contributed by atoms with van der Waals surface area (Å²) in [5.74, 6) is 0.389. The highest BCUT2D eigenvalue weighted by Crippen LogP contribution is 2.05. The Morgan fingerprint density at radius 2 is 2.33 bits per heavy atom. The zero-order valence-corrected chi connectivity index (χ0v) is 5.50. The third-order valence-electron chi connectivity index (χ3n) is 1.02. The van der Waals surface area contributed by atoms with E-state index in [-0.39, 0.29) is 0 Å². The van der Waals surface area contributed by atoms with E-state index in [0.717, 1.165) is 5.69 Å². The second kappa shape index (κ2) is 2.53. The van der Waals surface area contributed by atoms with Crippen molar-refractivity contribution < 1.29 is 0 Å². The lowest BCUT2D eigenvalue weighted by atomic mass is 10.1. The van der Waals surface area contributed by atoms with E-state index in [9.17, 15) is 0 Å². The van der Waals surface area contributed by atoms with Gasteiger partial charge in [0.25, 0.3) is 0 Å². The predicted molar refractivity (Wildman–Crippen MR) is 32.8 cm³/mol. The van der Waals surface area contributed by atoms with Crippen LogP contribution < -0.4 is 0 Å². The molecule has 0 aliphatic rings. The fraction of sp³-hybridized carbons (Fsp3) is 0.500. The Morgan fingerprint density at radius 1 is 1.56 bits per heavy atom. The van der Waals surface area contributed by atoms with Gasteiger partial charge in [-0.3, -0.25) is 0 Å². The van der Waals surface area contributed by atoms with Crippen molar-refractivity contribution in [1.82, 2.24) is 15.4 Å². The van der Waals surface area contributed by atoms with Crippen LogP contribution in [0.5, 0.6) is 0 Å². The molecule has 0 atom stereocenters. The van der Waals surface area contributed by atoms with Gasteiger partial charge in [0, 0.05) is 6.07 Å². The molecule has 47 valence electrons. The third kappa shape index (κ3) is 1.45. The molecule has 1 aromatic rings. The van der Waals surface area contributed by atoms with Gasteiger partial charge in [-0.15, -0.1) is 10.2 Å². The zero-order valence-electron chi connectivity index (χ0n) is 5.50. The van der Waals surface area contributed by atoms with Crippen molar-refractivity contribution in [2.24, 2.45) is 0 Å². The lowest BCUT2D eigenvalue weighted by Gasteiger charge is -1.97. The molecule has 1 heterocycles. The zero-order chi connectivity index (χ0) is 6.69. The summed E-state index contributed by atoms with van der Waals surface area (Å²) >= 11 is 0. The molecule has 0 aliphatic heterocycles. The SMILES string of the molecule is CC(C)c1[c]cnnn1. The second-order valence-electron chi connectivity index (χ2n) is 2.12. The standard InChI is InChI=1S/C6H8N3/c1-5(2)6-3-4-7-9-8-6/h4-5H,1-2H3. The molecule has 0 aliphatic carbocycles. The Balaban J connectivity index is 2.85. The lowest BCUT2D eigenvalue weighted by Crippen LogP contribution is -1.95. The molecule has 0 unspecified atom stereocenters. The molecule has 3 nitrogen and oxygen atoms in total. The number of hydrogen-bond donors (Lipinski definition) is 0. The van der Waals surface area contributed by atoms with Gasteiger partial charge in [-0.05, 0) is 11.1 Å². The van der Waals surface area contributed by atoms with E-state index in [4.69, 9.17) is 0 Å². The molecule has 0 fully saturated rings. The van der Waals surface area contributed by atoms with Gasteiger partial charge in [0.15, 0.2) is 0 Å². The minimum Gasteiger partial charge on any atom is -0.138 e. The van der Waals surface area contributed by atoms with Crippen molar-refractivity contribution in [2.75, 3.05) is 0 Å². The van der Waals surface area contributed by atoms with Crippen LogP contribution >= 0.6 is 0 Å². The molecular weight excluding hydrogens is 114 g/mol. The first-order chi connectivity index (χ1) is 4.30. The molecule has 0 spiro atoms. The Labute approximate surface area is 54.1 Å². The molecule has 1 rings (SSSR count). The van der Waals surface area contributed by atoms with Crippen molar-refractivity contribution in [3.05, 3.63) is 18.0 Å². The summed E-state index contributed by atoms with van der Waals surface area (Å²) in [6.07, 6.45) is 1.53. The normalized spacial score (nSPS) is 10.1. The predicted octanol–water partition coefficient (Wildman–Crippen LogP) is 0.795. The van der Waals surface area contributed by atoms with Crippen LogP contribution in [0.2, 0.25) is 0 Å². The van der Waals surface area contributed by atoms with Crippen LogP contribution in [0, 0.1) is 6.07 Å². The molecule has 1 radical (unpaired) electrons. The van der Waals surface area contributed by atoms with Gasteiger partial charge < -0.3 is 0 Å².